The molecule has 0 saturated carbocycles. The van der Waals surface area contributed by atoms with E-state index in [1.165, 1.54) is 6.42 Å². The molecule has 2 nitrogen and oxygen atoms in total. The molecule has 2 rings (SSSR count). The highest BCUT2D eigenvalue weighted by atomic mass is 35.5. The minimum atomic E-state index is 0.667. The van der Waals surface area contributed by atoms with Gasteiger partial charge in [0.25, 0.3) is 0 Å². The lowest BCUT2D eigenvalue weighted by atomic mass is 10.2. The highest BCUT2D eigenvalue weighted by Gasteiger charge is 2.18. The molecule has 64 valence electrons. The first-order chi connectivity index (χ1) is 5.79. The van der Waals surface area contributed by atoms with Crippen molar-refractivity contribution < 1.29 is 0 Å². The molecule has 0 spiro atoms. The van der Waals surface area contributed by atoms with Crippen molar-refractivity contribution in [1.29, 1.82) is 0 Å². The summed E-state index contributed by atoms with van der Waals surface area (Å²) in [6.07, 6.45) is 2.97. The quantitative estimate of drug-likeness (QED) is 0.700. The fourth-order valence-corrected chi connectivity index (χ4v) is 1.57. The van der Waals surface area contributed by atoms with E-state index in [1.807, 2.05) is 0 Å². The zero-order valence-electron chi connectivity index (χ0n) is 6.50. The van der Waals surface area contributed by atoms with E-state index in [0.29, 0.717) is 5.02 Å². The minimum Gasteiger partial charge on any atom is -0.355 e. The smallest absolute Gasteiger partial charge is 0.148 e. The molecular formula is C8H9ClN2S. The predicted octanol–water partition coefficient (Wildman–Crippen LogP) is 2.23. The van der Waals surface area contributed by atoms with Gasteiger partial charge in [0.15, 0.2) is 0 Å². The minimum absolute atomic E-state index is 0.667. The molecule has 0 aromatic carbocycles. The summed E-state index contributed by atoms with van der Waals surface area (Å²) in [6.45, 7) is 2.12. The molecule has 0 amide bonds. The number of pyridine rings is 1. The maximum absolute atomic E-state index is 6.02. The fourth-order valence-electron chi connectivity index (χ4n) is 1.17. The van der Waals surface area contributed by atoms with Crippen LogP contribution in [0.2, 0.25) is 5.02 Å². The SMILES string of the molecule is Sc1ccnc(N2CCC2)c1Cl. The Morgan fingerprint density at radius 1 is 1.50 bits per heavy atom. The van der Waals surface area contributed by atoms with E-state index >= 15 is 0 Å². The molecular weight excluding hydrogens is 192 g/mol. The molecule has 0 bridgehead atoms. The number of aromatic nitrogens is 1. The molecule has 0 unspecified atom stereocenters. The zero-order chi connectivity index (χ0) is 8.55. The van der Waals surface area contributed by atoms with Gasteiger partial charge in [0, 0.05) is 24.2 Å². The molecule has 1 aliphatic heterocycles. The molecule has 2 heterocycles. The first-order valence-corrected chi connectivity index (χ1v) is 4.70. The summed E-state index contributed by atoms with van der Waals surface area (Å²) in [6, 6.07) is 1.80. The summed E-state index contributed by atoms with van der Waals surface area (Å²) in [5.41, 5.74) is 0. The second kappa shape index (κ2) is 3.15. The van der Waals surface area contributed by atoms with E-state index in [4.69, 9.17) is 11.6 Å². The third-order valence-electron chi connectivity index (χ3n) is 2.01. The van der Waals surface area contributed by atoms with Crippen molar-refractivity contribution in [1.82, 2.24) is 4.98 Å². The van der Waals surface area contributed by atoms with Crippen molar-refractivity contribution in [2.24, 2.45) is 0 Å². The van der Waals surface area contributed by atoms with Crippen LogP contribution in [-0.4, -0.2) is 18.1 Å². The van der Waals surface area contributed by atoms with Gasteiger partial charge in [-0.2, -0.15) is 0 Å². The highest BCUT2D eigenvalue weighted by molar-refractivity contribution is 7.80. The van der Waals surface area contributed by atoms with E-state index in [1.54, 1.807) is 12.3 Å². The summed E-state index contributed by atoms with van der Waals surface area (Å²) in [5, 5.41) is 0.667. The van der Waals surface area contributed by atoms with Crippen LogP contribution in [0.1, 0.15) is 6.42 Å². The van der Waals surface area contributed by atoms with Crippen molar-refractivity contribution in [3.05, 3.63) is 17.3 Å². The van der Waals surface area contributed by atoms with Crippen LogP contribution in [0, 0.1) is 0 Å². The van der Waals surface area contributed by atoms with Gasteiger partial charge >= 0.3 is 0 Å². The molecule has 1 saturated heterocycles. The first kappa shape index (κ1) is 8.20. The third kappa shape index (κ3) is 1.27. The Hall–Kier alpha value is -0.410. The summed E-state index contributed by atoms with van der Waals surface area (Å²) >= 11 is 10.2. The van der Waals surface area contributed by atoms with E-state index in [9.17, 15) is 0 Å². The predicted molar refractivity (Wildman–Crippen MR) is 53.3 cm³/mol. The maximum atomic E-state index is 6.02. The van der Waals surface area contributed by atoms with Crippen molar-refractivity contribution >= 4 is 30.0 Å². The average Bonchev–Trinajstić information content (AvgIpc) is 1.95. The number of hydrogen-bond acceptors (Lipinski definition) is 3. The number of anilines is 1. The van der Waals surface area contributed by atoms with Crippen LogP contribution in [0.15, 0.2) is 17.2 Å². The Morgan fingerprint density at radius 2 is 2.25 bits per heavy atom. The van der Waals surface area contributed by atoms with Crippen LogP contribution in [0.25, 0.3) is 0 Å². The largest absolute Gasteiger partial charge is 0.355 e. The topological polar surface area (TPSA) is 16.1 Å². The molecule has 12 heavy (non-hydrogen) atoms. The van der Waals surface area contributed by atoms with E-state index in [-0.39, 0.29) is 0 Å². The summed E-state index contributed by atoms with van der Waals surface area (Å²) < 4.78 is 0. The second-order valence-electron chi connectivity index (χ2n) is 2.81. The number of thiol groups is 1. The summed E-state index contributed by atoms with van der Waals surface area (Å²) in [7, 11) is 0. The molecule has 1 aromatic heterocycles. The van der Waals surface area contributed by atoms with E-state index in [0.717, 1.165) is 23.8 Å². The van der Waals surface area contributed by atoms with E-state index < -0.39 is 0 Å². The lowest BCUT2D eigenvalue weighted by molar-refractivity contribution is 0.609. The normalized spacial score (nSPS) is 16.0. The molecule has 0 aliphatic carbocycles. The van der Waals surface area contributed by atoms with Gasteiger partial charge in [-0.15, -0.1) is 12.6 Å². The van der Waals surface area contributed by atoms with Gasteiger partial charge in [0.2, 0.25) is 0 Å². The summed E-state index contributed by atoms with van der Waals surface area (Å²) in [4.78, 5) is 7.16. The van der Waals surface area contributed by atoms with Crippen molar-refractivity contribution in [2.45, 2.75) is 11.3 Å². The Kier molecular flexibility index (Phi) is 2.15. The van der Waals surface area contributed by atoms with Gasteiger partial charge in [-0.05, 0) is 12.5 Å². The molecule has 1 aliphatic rings. The van der Waals surface area contributed by atoms with Crippen LogP contribution in [0.4, 0.5) is 5.82 Å². The van der Waals surface area contributed by atoms with Gasteiger partial charge < -0.3 is 4.90 Å². The summed E-state index contributed by atoms with van der Waals surface area (Å²) in [5.74, 6) is 0.871. The number of nitrogens with zero attached hydrogens (tertiary/aromatic N) is 2. The molecule has 0 radical (unpaired) electrons. The number of rotatable bonds is 1. The fraction of sp³-hybridized carbons (Fsp3) is 0.375. The monoisotopic (exact) mass is 200 g/mol. The first-order valence-electron chi connectivity index (χ1n) is 3.87. The van der Waals surface area contributed by atoms with Gasteiger partial charge in [-0.3, -0.25) is 0 Å². The Labute approximate surface area is 82.0 Å². The van der Waals surface area contributed by atoms with Crippen LogP contribution in [0.5, 0.6) is 0 Å². The zero-order valence-corrected chi connectivity index (χ0v) is 8.15. The van der Waals surface area contributed by atoms with Gasteiger partial charge in [0.05, 0.1) is 5.02 Å². The standard InChI is InChI=1S/C8H9ClN2S/c9-7-6(12)2-3-10-8(7)11-4-1-5-11/h2-3H,1,4-5H2,(H,10,12). The lowest BCUT2D eigenvalue weighted by Gasteiger charge is -2.32. The Balaban J connectivity index is 2.36. The number of halogens is 1. The molecule has 1 aromatic rings. The molecule has 1 fully saturated rings. The molecule has 0 atom stereocenters. The molecule has 4 heteroatoms. The molecule has 0 N–H and O–H groups in total. The maximum Gasteiger partial charge on any atom is 0.148 e. The third-order valence-corrected chi connectivity index (χ3v) is 2.88. The Bertz CT molecular complexity index is 299. The number of hydrogen-bond donors (Lipinski definition) is 1. The highest BCUT2D eigenvalue weighted by Crippen LogP contribution is 2.31. The van der Waals surface area contributed by atoms with E-state index in [2.05, 4.69) is 22.5 Å². The van der Waals surface area contributed by atoms with Crippen molar-refractivity contribution in [3.8, 4) is 0 Å². The van der Waals surface area contributed by atoms with Crippen LogP contribution in [-0.2, 0) is 0 Å². The van der Waals surface area contributed by atoms with Crippen LogP contribution in [0.3, 0.4) is 0 Å². The lowest BCUT2D eigenvalue weighted by Crippen LogP contribution is -2.37. The van der Waals surface area contributed by atoms with Crippen LogP contribution < -0.4 is 4.90 Å². The van der Waals surface area contributed by atoms with Crippen molar-refractivity contribution in [2.75, 3.05) is 18.0 Å². The van der Waals surface area contributed by atoms with Crippen LogP contribution >= 0.6 is 24.2 Å². The Morgan fingerprint density at radius 3 is 2.83 bits per heavy atom. The second-order valence-corrected chi connectivity index (χ2v) is 3.67. The van der Waals surface area contributed by atoms with Gasteiger partial charge in [0.1, 0.15) is 5.82 Å². The average molecular weight is 201 g/mol. The van der Waals surface area contributed by atoms with Crippen molar-refractivity contribution in [3.63, 3.8) is 0 Å². The van der Waals surface area contributed by atoms with Gasteiger partial charge in [-0.1, -0.05) is 11.6 Å². The van der Waals surface area contributed by atoms with Gasteiger partial charge in [-0.25, -0.2) is 4.98 Å².